The van der Waals surface area contributed by atoms with Crippen LogP contribution in [-0.4, -0.2) is 29.4 Å². The molecule has 0 spiro atoms. The largest absolute Gasteiger partial charge is 0.478 e. The highest BCUT2D eigenvalue weighted by Gasteiger charge is 2.17. The number of esters is 1. The molecule has 0 aliphatic heterocycles. The highest BCUT2D eigenvalue weighted by molar-refractivity contribution is 5.94. The molecule has 1 rings (SSSR count). The molecule has 103 valence electrons. The van der Waals surface area contributed by atoms with Crippen LogP contribution in [0.15, 0.2) is 24.3 Å². The van der Waals surface area contributed by atoms with Gasteiger partial charge in [0.05, 0.1) is 17.2 Å². The molecule has 19 heavy (non-hydrogen) atoms. The number of carbonyl (C=O) groups excluding carboxylic acids is 1. The van der Waals surface area contributed by atoms with E-state index in [-0.39, 0.29) is 17.2 Å². The second-order valence-electron chi connectivity index (χ2n) is 4.18. The molecule has 1 aromatic carbocycles. The van der Waals surface area contributed by atoms with Crippen LogP contribution in [-0.2, 0) is 9.47 Å². The van der Waals surface area contributed by atoms with E-state index >= 15 is 0 Å². The van der Waals surface area contributed by atoms with Crippen LogP contribution in [0.5, 0.6) is 0 Å². The molecule has 0 saturated heterocycles. The van der Waals surface area contributed by atoms with E-state index in [1.54, 1.807) is 13.3 Å². The summed E-state index contributed by atoms with van der Waals surface area (Å²) < 4.78 is 10.5. The van der Waals surface area contributed by atoms with Gasteiger partial charge in [0.2, 0.25) is 6.29 Å². The summed E-state index contributed by atoms with van der Waals surface area (Å²) in [4.78, 5) is 22.7. The predicted octanol–water partition coefficient (Wildman–Crippen LogP) is 2.52. The molecule has 0 fully saturated rings. The van der Waals surface area contributed by atoms with Gasteiger partial charge in [-0.3, -0.25) is 0 Å². The van der Waals surface area contributed by atoms with Crippen molar-refractivity contribution in [1.29, 1.82) is 0 Å². The maximum atomic E-state index is 11.9. The van der Waals surface area contributed by atoms with Crippen LogP contribution < -0.4 is 0 Å². The van der Waals surface area contributed by atoms with Crippen molar-refractivity contribution in [2.45, 2.75) is 33.2 Å². The van der Waals surface area contributed by atoms with E-state index in [0.717, 1.165) is 0 Å². The lowest BCUT2D eigenvalue weighted by Crippen LogP contribution is -2.24. The smallest absolute Gasteiger partial charge is 0.340 e. The molecule has 1 atom stereocenters. The summed E-state index contributed by atoms with van der Waals surface area (Å²) in [6.45, 7) is 5.37. The van der Waals surface area contributed by atoms with Crippen LogP contribution in [0.1, 0.15) is 41.5 Å². The molecular weight excluding hydrogens is 248 g/mol. The lowest BCUT2D eigenvalue weighted by Gasteiger charge is -2.19. The summed E-state index contributed by atoms with van der Waals surface area (Å²) in [5.74, 6) is -1.71. The third-order valence-electron chi connectivity index (χ3n) is 2.25. The van der Waals surface area contributed by atoms with Gasteiger partial charge in [-0.1, -0.05) is 13.0 Å². The summed E-state index contributed by atoms with van der Waals surface area (Å²) in [5.41, 5.74) is 0.218. The van der Waals surface area contributed by atoms with E-state index in [4.69, 9.17) is 14.6 Å². The van der Waals surface area contributed by atoms with Gasteiger partial charge < -0.3 is 14.6 Å². The van der Waals surface area contributed by atoms with Gasteiger partial charge in [-0.2, -0.15) is 0 Å². The topological polar surface area (TPSA) is 72.8 Å². The molecule has 0 heterocycles. The first-order valence-electron chi connectivity index (χ1n) is 5.93. The molecular formula is C14H17O5. The highest BCUT2D eigenvalue weighted by atomic mass is 16.7. The zero-order chi connectivity index (χ0) is 14.4. The number of benzene rings is 1. The quantitative estimate of drug-likeness (QED) is 0.632. The highest BCUT2D eigenvalue weighted by Crippen LogP contribution is 2.11. The zero-order valence-electron chi connectivity index (χ0n) is 11.1. The maximum absolute atomic E-state index is 11.9. The predicted molar refractivity (Wildman–Crippen MR) is 68.8 cm³/mol. The molecule has 1 radical (unpaired) electrons. The Morgan fingerprint density at radius 1 is 1.26 bits per heavy atom. The molecule has 0 aromatic heterocycles. The Morgan fingerprint density at radius 3 is 2.42 bits per heavy atom. The maximum Gasteiger partial charge on any atom is 0.340 e. The van der Waals surface area contributed by atoms with Crippen molar-refractivity contribution in [2.24, 2.45) is 0 Å². The van der Waals surface area contributed by atoms with Gasteiger partial charge in [-0.15, -0.1) is 0 Å². The summed E-state index contributed by atoms with van der Waals surface area (Å²) >= 11 is 0. The van der Waals surface area contributed by atoms with Gasteiger partial charge in [-0.25, -0.2) is 9.59 Å². The first-order chi connectivity index (χ1) is 8.93. The van der Waals surface area contributed by atoms with Crippen LogP contribution in [0, 0.1) is 6.42 Å². The number of carboxylic acid groups (broad SMARTS) is 1. The lowest BCUT2D eigenvalue weighted by atomic mass is 10.1. The SMILES string of the molecule is C[CH]C(OC(=O)c1cccc(C(=O)O)c1)OC(C)C. The lowest BCUT2D eigenvalue weighted by molar-refractivity contribution is -0.112. The number of carbonyl (C=O) groups is 2. The third kappa shape index (κ3) is 4.71. The molecule has 0 saturated carbocycles. The first-order valence-corrected chi connectivity index (χ1v) is 5.93. The Balaban J connectivity index is 2.77. The molecule has 0 aliphatic rings. The van der Waals surface area contributed by atoms with Crippen LogP contribution in [0.4, 0.5) is 0 Å². The van der Waals surface area contributed by atoms with Crippen molar-refractivity contribution < 1.29 is 24.2 Å². The van der Waals surface area contributed by atoms with Crippen molar-refractivity contribution in [2.75, 3.05) is 0 Å². The first kappa shape index (κ1) is 15.2. The average Bonchev–Trinajstić information content (AvgIpc) is 2.37. The number of hydrogen-bond donors (Lipinski definition) is 1. The number of carboxylic acids is 1. The fraction of sp³-hybridized carbons (Fsp3) is 0.357. The molecule has 0 aliphatic carbocycles. The third-order valence-corrected chi connectivity index (χ3v) is 2.25. The van der Waals surface area contributed by atoms with E-state index in [9.17, 15) is 9.59 Å². The normalized spacial score (nSPS) is 12.2. The van der Waals surface area contributed by atoms with Gasteiger partial charge >= 0.3 is 11.9 Å². The molecule has 5 nitrogen and oxygen atoms in total. The second-order valence-corrected chi connectivity index (χ2v) is 4.18. The Bertz CT molecular complexity index is 453. The minimum absolute atomic E-state index is 0.0382. The minimum Gasteiger partial charge on any atom is -0.478 e. The van der Waals surface area contributed by atoms with Gasteiger partial charge in [0, 0.05) is 6.42 Å². The minimum atomic E-state index is -1.09. The fourth-order valence-corrected chi connectivity index (χ4v) is 1.40. The van der Waals surface area contributed by atoms with Crippen LogP contribution >= 0.6 is 0 Å². The van der Waals surface area contributed by atoms with Crippen LogP contribution in [0.3, 0.4) is 0 Å². The summed E-state index contributed by atoms with van der Waals surface area (Å²) in [6, 6.07) is 5.67. The van der Waals surface area contributed by atoms with Gasteiger partial charge in [-0.05, 0) is 32.0 Å². The number of rotatable bonds is 6. The Kier molecular flexibility index (Phi) is 5.51. The molecule has 0 amide bonds. The summed E-state index contributed by atoms with van der Waals surface area (Å²) in [5, 5.41) is 8.86. The Labute approximate surface area is 112 Å². The number of ether oxygens (including phenoxy) is 2. The standard InChI is InChI=1S/C14H17O5/c1-4-12(18-9(2)3)19-14(17)11-7-5-6-10(8-11)13(15)16/h4-9,12H,1-3H3,(H,15,16). The van der Waals surface area contributed by atoms with E-state index in [1.807, 2.05) is 13.8 Å². The zero-order valence-corrected chi connectivity index (χ0v) is 11.1. The molecule has 1 N–H and O–H groups in total. The summed E-state index contributed by atoms with van der Waals surface area (Å²) in [6.07, 6.45) is 0.777. The average molecular weight is 265 g/mol. The van der Waals surface area contributed by atoms with E-state index in [1.165, 1.54) is 24.3 Å². The van der Waals surface area contributed by atoms with Crippen molar-refractivity contribution in [3.8, 4) is 0 Å². The molecule has 5 heteroatoms. The van der Waals surface area contributed by atoms with Crippen molar-refractivity contribution >= 4 is 11.9 Å². The molecule has 1 aromatic rings. The Morgan fingerprint density at radius 2 is 1.89 bits per heavy atom. The van der Waals surface area contributed by atoms with E-state index in [2.05, 4.69) is 0 Å². The molecule has 1 unspecified atom stereocenters. The van der Waals surface area contributed by atoms with Crippen molar-refractivity contribution in [3.05, 3.63) is 41.8 Å². The van der Waals surface area contributed by atoms with Crippen LogP contribution in [0.2, 0.25) is 0 Å². The second kappa shape index (κ2) is 6.89. The Hall–Kier alpha value is -1.88. The number of hydrogen-bond acceptors (Lipinski definition) is 4. The fourth-order valence-electron chi connectivity index (χ4n) is 1.40. The van der Waals surface area contributed by atoms with Gasteiger partial charge in [0.1, 0.15) is 0 Å². The van der Waals surface area contributed by atoms with Gasteiger partial charge in [0.25, 0.3) is 0 Å². The summed E-state index contributed by atoms with van der Waals surface area (Å²) in [7, 11) is 0. The number of aromatic carboxylic acids is 1. The van der Waals surface area contributed by atoms with Crippen LogP contribution in [0.25, 0.3) is 0 Å². The monoisotopic (exact) mass is 265 g/mol. The molecule has 0 bridgehead atoms. The van der Waals surface area contributed by atoms with Gasteiger partial charge in [0.15, 0.2) is 0 Å². The van der Waals surface area contributed by atoms with Crippen molar-refractivity contribution in [1.82, 2.24) is 0 Å². The van der Waals surface area contributed by atoms with E-state index < -0.39 is 18.2 Å². The van der Waals surface area contributed by atoms with E-state index in [0.29, 0.717) is 0 Å². The van der Waals surface area contributed by atoms with Crippen molar-refractivity contribution in [3.63, 3.8) is 0 Å².